The Morgan fingerprint density at radius 2 is 1.87 bits per heavy atom. The maximum absolute atomic E-state index is 14.6. The summed E-state index contributed by atoms with van der Waals surface area (Å²) < 4.78 is 14.6. The van der Waals surface area contributed by atoms with Crippen molar-refractivity contribution < 1.29 is 4.39 Å². The van der Waals surface area contributed by atoms with Crippen molar-refractivity contribution in [3.8, 4) is 22.6 Å². The molecule has 2 N–H and O–H groups in total. The number of H-pyrrole nitrogens is 1. The number of fused-ring (bicyclic) bond motifs is 2. The Morgan fingerprint density at radius 1 is 1.03 bits per heavy atom. The van der Waals surface area contributed by atoms with Gasteiger partial charge in [-0.15, -0.1) is 0 Å². The molecule has 198 valence electrons. The zero-order valence-electron chi connectivity index (χ0n) is 22.5. The predicted octanol–water partition coefficient (Wildman–Crippen LogP) is 6.08. The summed E-state index contributed by atoms with van der Waals surface area (Å²) >= 11 is 0. The monoisotopic (exact) mass is 521 g/mol. The minimum atomic E-state index is -0.278. The van der Waals surface area contributed by atoms with Gasteiger partial charge in [0, 0.05) is 53.9 Å². The van der Waals surface area contributed by atoms with E-state index in [4.69, 9.17) is 9.97 Å². The van der Waals surface area contributed by atoms with Gasteiger partial charge < -0.3 is 15.2 Å². The summed E-state index contributed by atoms with van der Waals surface area (Å²) in [4.78, 5) is 25.1. The average Bonchev–Trinajstić information content (AvgIpc) is 3.69. The molecule has 0 unspecified atom stereocenters. The van der Waals surface area contributed by atoms with Crippen LogP contribution in [0.15, 0.2) is 55.0 Å². The average molecular weight is 522 g/mol. The number of aromatic amines is 1. The number of piperidine rings is 1. The molecule has 39 heavy (non-hydrogen) atoms. The van der Waals surface area contributed by atoms with Gasteiger partial charge in [0.25, 0.3) is 0 Å². The highest BCUT2D eigenvalue weighted by atomic mass is 19.1. The van der Waals surface area contributed by atoms with E-state index in [0.29, 0.717) is 34.7 Å². The van der Waals surface area contributed by atoms with Crippen molar-refractivity contribution in [3.05, 3.63) is 66.4 Å². The Morgan fingerprint density at radius 3 is 2.67 bits per heavy atom. The van der Waals surface area contributed by atoms with Crippen molar-refractivity contribution >= 4 is 27.8 Å². The Bertz CT molecular complexity index is 1700. The molecule has 8 heteroatoms. The molecule has 1 saturated carbocycles. The lowest BCUT2D eigenvalue weighted by atomic mass is 9.79. The number of anilines is 1. The molecule has 7 nitrogen and oxygen atoms in total. The van der Waals surface area contributed by atoms with E-state index < -0.39 is 0 Å². The number of nitrogens with one attached hydrogen (secondary N) is 2. The van der Waals surface area contributed by atoms with Crippen LogP contribution < -0.4 is 10.2 Å². The molecule has 0 spiro atoms. The molecule has 2 fully saturated rings. The molecule has 1 saturated heterocycles. The topological polar surface area (TPSA) is 82.6 Å². The van der Waals surface area contributed by atoms with Gasteiger partial charge in [-0.05, 0) is 67.0 Å². The van der Waals surface area contributed by atoms with Gasteiger partial charge in [0.1, 0.15) is 17.3 Å². The van der Waals surface area contributed by atoms with Gasteiger partial charge in [-0.1, -0.05) is 26.0 Å². The molecule has 4 aromatic heterocycles. The molecular formula is C31H32FN7. The normalized spacial score (nSPS) is 19.0. The number of hydrogen-bond donors (Lipinski definition) is 2. The van der Waals surface area contributed by atoms with Gasteiger partial charge in [-0.25, -0.2) is 19.3 Å². The van der Waals surface area contributed by atoms with Crippen molar-refractivity contribution in [3.63, 3.8) is 0 Å². The second-order valence-electron chi connectivity index (χ2n) is 11.6. The largest absolute Gasteiger partial charge is 0.355 e. The lowest BCUT2D eigenvalue weighted by Crippen LogP contribution is -2.53. The second kappa shape index (κ2) is 9.09. The maximum atomic E-state index is 14.6. The number of hydrogen-bond acceptors (Lipinski definition) is 6. The summed E-state index contributed by atoms with van der Waals surface area (Å²) in [5, 5.41) is 5.53. The number of rotatable bonds is 5. The Kier molecular flexibility index (Phi) is 5.63. The summed E-state index contributed by atoms with van der Waals surface area (Å²) in [5.41, 5.74) is 4.90. The summed E-state index contributed by atoms with van der Waals surface area (Å²) in [6.07, 6.45) is 9.01. The van der Waals surface area contributed by atoms with Crippen LogP contribution in [0, 0.1) is 11.2 Å². The molecule has 1 aliphatic heterocycles. The van der Waals surface area contributed by atoms with Crippen LogP contribution in [0.25, 0.3) is 44.6 Å². The molecule has 0 radical (unpaired) electrons. The quantitative estimate of drug-likeness (QED) is 0.292. The van der Waals surface area contributed by atoms with Crippen LogP contribution in [0.3, 0.4) is 0 Å². The van der Waals surface area contributed by atoms with Gasteiger partial charge in [-0.3, -0.25) is 4.98 Å². The van der Waals surface area contributed by atoms with Crippen LogP contribution in [-0.2, 0) is 0 Å². The first-order valence-corrected chi connectivity index (χ1v) is 13.7. The fraction of sp³-hybridized carbons (Fsp3) is 0.355. The molecule has 1 atom stereocenters. The van der Waals surface area contributed by atoms with Crippen molar-refractivity contribution in [2.45, 2.75) is 45.1 Å². The van der Waals surface area contributed by atoms with Crippen molar-refractivity contribution in [1.82, 2.24) is 30.2 Å². The molecule has 1 aromatic carbocycles. The van der Waals surface area contributed by atoms with Gasteiger partial charge in [0.2, 0.25) is 0 Å². The minimum Gasteiger partial charge on any atom is -0.355 e. The first-order valence-electron chi connectivity index (χ1n) is 13.7. The number of aromatic nitrogens is 5. The SMILES string of the molecule is CN(c1nc(-c2ccnc3[nH]c(-c4ccccc4F)cc23)nc2cncc(C3CC3)c12)[C@H]1CCNCC1(C)C. The smallest absolute Gasteiger partial charge is 0.163 e. The first-order chi connectivity index (χ1) is 18.9. The van der Waals surface area contributed by atoms with E-state index in [0.717, 1.165) is 47.2 Å². The molecule has 1 aliphatic carbocycles. The van der Waals surface area contributed by atoms with Gasteiger partial charge >= 0.3 is 0 Å². The Hall–Kier alpha value is -3.91. The van der Waals surface area contributed by atoms with E-state index in [1.54, 1.807) is 18.3 Å². The molecule has 5 heterocycles. The van der Waals surface area contributed by atoms with Crippen LogP contribution >= 0.6 is 0 Å². The molecule has 0 amide bonds. The van der Waals surface area contributed by atoms with Gasteiger partial charge in [-0.2, -0.15) is 0 Å². The minimum absolute atomic E-state index is 0.0798. The van der Waals surface area contributed by atoms with Crippen LogP contribution in [0.1, 0.15) is 44.6 Å². The second-order valence-corrected chi connectivity index (χ2v) is 11.6. The van der Waals surface area contributed by atoms with E-state index in [-0.39, 0.29) is 11.2 Å². The lowest BCUT2D eigenvalue weighted by molar-refractivity contribution is 0.215. The number of pyridine rings is 2. The predicted molar refractivity (Wildman–Crippen MR) is 153 cm³/mol. The summed E-state index contributed by atoms with van der Waals surface area (Å²) in [6.45, 7) is 6.59. The van der Waals surface area contributed by atoms with Crippen LogP contribution in [0.4, 0.5) is 10.2 Å². The third-order valence-corrected chi connectivity index (χ3v) is 8.45. The highest BCUT2D eigenvalue weighted by molar-refractivity contribution is 5.98. The zero-order valence-corrected chi connectivity index (χ0v) is 22.5. The van der Waals surface area contributed by atoms with E-state index in [9.17, 15) is 4.39 Å². The Labute approximate surface area is 226 Å². The van der Waals surface area contributed by atoms with Crippen molar-refractivity contribution in [2.75, 3.05) is 25.0 Å². The van der Waals surface area contributed by atoms with Crippen LogP contribution in [-0.4, -0.2) is 51.1 Å². The summed E-state index contributed by atoms with van der Waals surface area (Å²) in [7, 11) is 2.18. The highest BCUT2D eigenvalue weighted by Crippen LogP contribution is 2.46. The number of nitrogens with zero attached hydrogens (tertiary/aromatic N) is 5. The molecule has 7 rings (SSSR count). The molecule has 0 bridgehead atoms. The fourth-order valence-corrected chi connectivity index (χ4v) is 6.24. The van der Waals surface area contributed by atoms with Crippen LogP contribution in [0.5, 0.6) is 0 Å². The summed E-state index contributed by atoms with van der Waals surface area (Å²) in [6, 6.07) is 11.0. The van der Waals surface area contributed by atoms with E-state index in [2.05, 4.69) is 46.1 Å². The number of benzene rings is 1. The van der Waals surface area contributed by atoms with E-state index in [1.165, 1.54) is 24.5 Å². The zero-order chi connectivity index (χ0) is 26.7. The fourth-order valence-electron chi connectivity index (χ4n) is 6.24. The third kappa shape index (κ3) is 4.14. The van der Waals surface area contributed by atoms with Crippen molar-refractivity contribution in [1.29, 1.82) is 0 Å². The number of halogens is 1. The van der Waals surface area contributed by atoms with Gasteiger partial charge in [0.15, 0.2) is 5.82 Å². The van der Waals surface area contributed by atoms with Gasteiger partial charge in [0.05, 0.1) is 17.4 Å². The molecule has 5 aromatic rings. The first kappa shape index (κ1) is 24.2. The molecule has 2 aliphatic rings. The van der Waals surface area contributed by atoms with Crippen LogP contribution in [0.2, 0.25) is 0 Å². The third-order valence-electron chi connectivity index (χ3n) is 8.45. The highest BCUT2D eigenvalue weighted by Gasteiger charge is 2.37. The standard InChI is InChI=1S/C31H32FN7/c1-31(2)17-33-12-11-26(31)39(3)30-27-22(18-8-9-18)15-34-16-25(27)37-29(38-30)19-10-13-35-28-21(19)14-24(36-28)20-6-4-5-7-23(20)32/h4-7,10,13-16,18,26,33H,8-9,11-12,17H2,1-3H3,(H,35,36)/t26-/m0/s1. The lowest BCUT2D eigenvalue weighted by Gasteiger charge is -2.45. The van der Waals surface area contributed by atoms with E-state index >= 15 is 0 Å². The van der Waals surface area contributed by atoms with Crippen molar-refractivity contribution in [2.24, 2.45) is 5.41 Å². The molecular weight excluding hydrogens is 489 g/mol. The van der Waals surface area contributed by atoms with E-state index in [1.807, 2.05) is 30.6 Å². The summed E-state index contributed by atoms with van der Waals surface area (Å²) in [5.74, 6) is 1.82. The maximum Gasteiger partial charge on any atom is 0.163 e. The Balaban J connectivity index is 1.43.